The molecule has 0 saturated heterocycles. The minimum atomic E-state index is -4.66. The molecule has 0 aromatic heterocycles. The molecule has 0 N–H and O–H groups in total. The van der Waals surface area contributed by atoms with Gasteiger partial charge in [0.15, 0.2) is 0 Å². The third-order valence-electron chi connectivity index (χ3n) is 1.56. The molecule has 1 rings (SSSR count). The summed E-state index contributed by atoms with van der Waals surface area (Å²) >= 11 is 1.40. The predicted octanol–water partition coefficient (Wildman–Crippen LogP) is 3.27. The summed E-state index contributed by atoms with van der Waals surface area (Å²) in [5.74, 6) is 0.371. The standard InChI is InChI=1S/C10H9F3O2S/c11-10(12,13)15-8-2-4-9(5-3-8)16-7-1-6-14/h2-6H,1,7H2. The van der Waals surface area contributed by atoms with Crippen molar-refractivity contribution in [2.24, 2.45) is 0 Å². The smallest absolute Gasteiger partial charge is 0.406 e. The number of carbonyl (C=O) groups excluding carboxylic acids is 1. The fourth-order valence-electron chi connectivity index (χ4n) is 0.962. The van der Waals surface area contributed by atoms with Gasteiger partial charge in [-0.05, 0) is 24.3 Å². The van der Waals surface area contributed by atoms with Gasteiger partial charge < -0.3 is 9.53 Å². The van der Waals surface area contributed by atoms with Crippen LogP contribution in [0.5, 0.6) is 5.75 Å². The Kier molecular flexibility index (Phi) is 4.67. The first-order valence-electron chi connectivity index (χ1n) is 4.43. The lowest BCUT2D eigenvalue weighted by atomic mass is 10.3. The summed E-state index contributed by atoms with van der Waals surface area (Å²) in [6.07, 6.45) is -3.44. The molecule has 0 aliphatic heterocycles. The number of halogens is 3. The monoisotopic (exact) mass is 250 g/mol. The zero-order chi connectivity index (χ0) is 12.0. The van der Waals surface area contributed by atoms with E-state index >= 15 is 0 Å². The highest BCUT2D eigenvalue weighted by atomic mass is 32.2. The molecule has 0 bridgehead atoms. The molecule has 16 heavy (non-hydrogen) atoms. The minimum Gasteiger partial charge on any atom is -0.406 e. The average Bonchev–Trinajstić information content (AvgIpc) is 2.19. The Morgan fingerprint density at radius 2 is 1.88 bits per heavy atom. The van der Waals surface area contributed by atoms with Crippen molar-refractivity contribution in [1.82, 2.24) is 0 Å². The van der Waals surface area contributed by atoms with Gasteiger partial charge in [-0.25, -0.2) is 0 Å². The van der Waals surface area contributed by atoms with Gasteiger partial charge in [0.2, 0.25) is 0 Å². The lowest BCUT2D eigenvalue weighted by Crippen LogP contribution is -2.16. The lowest BCUT2D eigenvalue weighted by Gasteiger charge is -2.08. The maximum Gasteiger partial charge on any atom is 0.573 e. The van der Waals surface area contributed by atoms with Crippen molar-refractivity contribution in [1.29, 1.82) is 0 Å². The van der Waals surface area contributed by atoms with Crippen LogP contribution in [0.2, 0.25) is 0 Å². The average molecular weight is 250 g/mol. The number of ether oxygens (including phenoxy) is 1. The molecule has 0 aliphatic carbocycles. The summed E-state index contributed by atoms with van der Waals surface area (Å²) in [4.78, 5) is 10.8. The number of hydrogen-bond acceptors (Lipinski definition) is 3. The molecule has 0 spiro atoms. The molecule has 1 aromatic carbocycles. The maximum absolute atomic E-state index is 11.8. The molecule has 1 aromatic rings. The molecule has 6 heteroatoms. The summed E-state index contributed by atoms with van der Waals surface area (Å²) in [6, 6.07) is 5.54. The summed E-state index contributed by atoms with van der Waals surface area (Å²) in [5.41, 5.74) is 0. The molecule has 0 aliphatic rings. The SMILES string of the molecule is O=CCCSc1ccc(OC(F)(F)F)cc1. The van der Waals surface area contributed by atoms with Crippen LogP contribution < -0.4 is 4.74 Å². The van der Waals surface area contributed by atoms with Crippen LogP contribution in [-0.2, 0) is 4.79 Å². The van der Waals surface area contributed by atoms with E-state index in [0.29, 0.717) is 12.2 Å². The van der Waals surface area contributed by atoms with Crippen molar-refractivity contribution >= 4 is 18.0 Å². The van der Waals surface area contributed by atoms with E-state index in [-0.39, 0.29) is 5.75 Å². The number of carbonyl (C=O) groups is 1. The van der Waals surface area contributed by atoms with Gasteiger partial charge in [0.25, 0.3) is 0 Å². The summed E-state index contributed by atoms with van der Waals surface area (Å²) in [7, 11) is 0. The molecule has 0 fully saturated rings. The van der Waals surface area contributed by atoms with E-state index in [0.717, 1.165) is 11.2 Å². The maximum atomic E-state index is 11.8. The third kappa shape index (κ3) is 5.06. The van der Waals surface area contributed by atoms with Crippen molar-refractivity contribution < 1.29 is 22.7 Å². The Morgan fingerprint density at radius 3 is 2.38 bits per heavy atom. The van der Waals surface area contributed by atoms with E-state index in [4.69, 9.17) is 0 Å². The molecular weight excluding hydrogens is 241 g/mol. The molecule has 0 atom stereocenters. The second-order valence-corrected chi connectivity index (χ2v) is 3.99. The van der Waals surface area contributed by atoms with Gasteiger partial charge >= 0.3 is 6.36 Å². The fraction of sp³-hybridized carbons (Fsp3) is 0.300. The molecule has 0 radical (unpaired) electrons. The summed E-state index contributed by atoms with van der Waals surface area (Å²) < 4.78 is 39.2. The van der Waals surface area contributed by atoms with Crippen LogP contribution in [0.25, 0.3) is 0 Å². The quantitative estimate of drug-likeness (QED) is 0.456. The van der Waals surface area contributed by atoms with Gasteiger partial charge in [0, 0.05) is 17.1 Å². The zero-order valence-electron chi connectivity index (χ0n) is 8.16. The molecule has 0 amide bonds. The van der Waals surface area contributed by atoms with Crippen LogP contribution in [0.4, 0.5) is 13.2 Å². The van der Waals surface area contributed by atoms with Crippen LogP contribution in [0.1, 0.15) is 6.42 Å². The van der Waals surface area contributed by atoms with E-state index < -0.39 is 6.36 Å². The minimum absolute atomic E-state index is 0.243. The van der Waals surface area contributed by atoms with Gasteiger partial charge in [-0.15, -0.1) is 24.9 Å². The first-order valence-corrected chi connectivity index (χ1v) is 5.42. The summed E-state index contributed by atoms with van der Waals surface area (Å²) in [6.45, 7) is 0. The Balaban J connectivity index is 2.51. The number of thioether (sulfide) groups is 1. The van der Waals surface area contributed by atoms with Gasteiger partial charge in [0.05, 0.1) is 0 Å². The first kappa shape index (κ1) is 12.9. The van der Waals surface area contributed by atoms with E-state index in [2.05, 4.69) is 4.74 Å². The Bertz CT molecular complexity index is 335. The Hall–Kier alpha value is -1.17. The molecule has 88 valence electrons. The van der Waals surface area contributed by atoms with Crippen LogP contribution in [0.3, 0.4) is 0 Å². The van der Waals surface area contributed by atoms with E-state index in [1.54, 1.807) is 0 Å². The Labute approximate surface area is 94.8 Å². The molecular formula is C10H9F3O2S. The normalized spacial score (nSPS) is 11.2. The summed E-state index contributed by atoms with van der Waals surface area (Å²) in [5, 5.41) is 0. The van der Waals surface area contributed by atoms with Crippen LogP contribution in [0.15, 0.2) is 29.2 Å². The zero-order valence-corrected chi connectivity index (χ0v) is 8.98. The van der Waals surface area contributed by atoms with Gasteiger partial charge in [-0.2, -0.15) is 0 Å². The predicted molar refractivity (Wildman–Crippen MR) is 54.5 cm³/mol. The first-order chi connectivity index (χ1) is 7.51. The van der Waals surface area contributed by atoms with Crippen molar-refractivity contribution in [3.8, 4) is 5.75 Å². The van der Waals surface area contributed by atoms with Crippen LogP contribution in [-0.4, -0.2) is 18.4 Å². The van der Waals surface area contributed by atoms with Crippen molar-refractivity contribution in [3.05, 3.63) is 24.3 Å². The molecule has 0 unspecified atom stereocenters. The van der Waals surface area contributed by atoms with Gasteiger partial charge in [-0.1, -0.05) is 0 Å². The molecule has 2 nitrogen and oxygen atoms in total. The van der Waals surface area contributed by atoms with Gasteiger partial charge in [-0.3, -0.25) is 0 Å². The van der Waals surface area contributed by atoms with Crippen LogP contribution in [0, 0.1) is 0 Å². The Morgan fingerprint density at radius 1 is 1.25 bits per heavy atom. The van der Waals surface area contributed by atoms with E-state index in [9.17, 15) is 18.0 Å². The highest BCUT2D eigenvalue weighted by Crippen LogP contribution is 2.26. The topological polar surface area (TPSA) is 26.3 Å². The van der Waals surface area contributed by atoms with Crippen LogP contribution >= 0.6 is 11.8 Å². The van der Waals surface area contributed by atoms with Crippen molar-refractivity contribution in [2.45, 2.75) is 17.7 Å². The van der Waals surface area contributed by atoms with E-state index in [1.807, 2.05) is 0 Å². The number of hydrogen-bond donors (Lipinski definition) is 0. The third-order valence-corrected chi connectivity index (χ3v) is 2.61. The molecule has 0 heterocycles. The number of benzene rings is 1. The highest BCUT2D eigenvalue weighted by molar-refractivity contribution is 7.99. The molecule has 0 saturated carbocycles. The number of aldehydes is 1. The largest absolute Gasteiger partial charge is 0.573 e. The second-order valence-electron chi connectivity index (χ2n) is 2.82. The number of rotatable bonds is 5. The second kappa shape index (κ2) is 5.79. The number of alkyl halides is 3. The van der Waals surface area contributed by atoms with Crippen molar-refractivity contribution in [3.63, 3.8) is 0 Å². The van der Waals surface area contributed by atoms with Crippen molar-refractivity contribution in [2.75, 3.05) is 5.75 Å². The fourth-order valence-corrected chi connectivity index (χ4v) is 1.74. The van der Waals surface area contributed by atoms with Gasteiger partial charge in [0.1, 0.15) is 12.0 Å². The highest BCUT2D eigenvalue weighted by Gasteiger charge is 2.30. The van der Waals surface area contributed by atoms with E-state index in [1.165, 1.54) is 36.0 Å². The lowest BCUT2D eigenvalue weighted by molar-refractivity contribution is -0.274.